The van der Waals surface area contributed by atoms with Crippen LogP contribution >= 0.6 is 15.9 Å². The molecule has 1 aliphatic rings. The Labute approximate surface area is 117 Å². The van der Waals surface area contributed by atoms with Crippen LogP contribution in [0, 0.1) is 0 Å². The molecule has 1 aromatic carbocycles. The van der Waals surface area contributed by atoms with Gasteiger partial charge in [0.25, 0.3) is 0 Å². The molecular formula is C12H13BrF3NO2. The minimum atomic E-state index is -4.35. The molecule has 0 bridgehead atoms. The summed E-state index contributed by atoms with van der Waals surface area (Å²) in [4.78, 5) is 0. The van der Waals surface area contributed by atoms with Gasteiger partial charge in [-0.2, -0.15) is 13.2 Å². The fourth-order valence-corrected chi connectivity index (χ4v) is 2.24. The molecule has 1 atom stereocenters. The number of nitrogens with one attached hydrogen (secondary N) is 1. The third kappa shape index (κ3) is 4.36. The van der Waals surface area contributed by atoms with E-state index in [1.165, 1.54) is 0 Å². The molecule has 1 N–H and O–H groups in total. The minimum absolute atomic E-state index is 0.0398. The van der Waals surface area contributed by atoms with Crippen molar-refractivity contribution >= 4 is 21.6 Å². The van der Waals surface area contributed by atoms with E-state index in [0.717, 1.165) is 18.6 Å². The number of alkyl halides is 3. The van der Waals surface area contributed by atoms with Gasteiger partial charge in [0.05, 0.1) is 18.3 Å². The van der Waals surface area contributed by atoms with Gasteiger partial charge in [-0.15, -0.1) is 0 Å². The quantitative estimate of drug-likeness (QED) is 0.911. The number of benzene rings is 1. The molecule has 2 rings (SSSR count). The molecule has 0 aromatic heterocycles. The van der Waals surface area contributed by atoms with Gasteiger partial charge in [-0.25, -0.2) is 0 Å². The van der Waals surface area contributed by atoms with Crippen molar-refractivity contribution in [2.45, 2.75) is 18.7 Å². The Morgan fingerprint density at radius 2 is 2.11 bits per heavy atom. The molecule has 3 nitrogen and oxygen atoms in total. The first-order chi connectivity index (χ1) is 8.95. The average molecular weight is 340 g/mol. The van der Waals surface area contributed by atoms with Crippen LogP contribution in [-0.4, -0.2) is 26.0 Å². The Bertz CT molecular complexity index is 433. The Hall–Kier alpha value is -0.790. The van der Waals surface area contributed by atoms with E-state index in [0.29, 0.717) is 23.3 Å². The summed E-state index contributed by atoms with van der Waals surface area (Å²) in [7, 11) is 0. The Kier molecular flexibility index (Phi) is 4.70. The van der Waals surface area contributed by atoms with Crippen molar-refractivity contribution < 1.29 is 22.6 Å². The molecule has 1 heterocycles. The van der Waals surface area contributed by atoms with Gasteiger partial charge in [-0.05, 0) is 24.6 Å². The molecule has 19 heavy (non-hydrogen) atoms. The van der Waals surface area contributed by atoms with E-state index in [1.807, 2.05) is 0 Å². The average Bonchev–Trinajstić information content (AvgIpc) is 2.36. The van der Waals surface area contributed by atoms with Gasteiger partial charge in [-0.3, -0.25) is 0 Å². The molecule has 0 saturated carbocycles. The highest BCUT2D eigenvalue weighted by molar-refractivity contribution is 9.10. The summed E-state index contributed by atoms with van der Waals surface area (Å²) in [5.74, 6) is 0. The zero-order valence-electron chi connectivity index (χ0n) is 9.97. The second-order valence-corrected chi connectivity index (χ2v) is 5.13. The summed E-state index contributed by atoms with van der Waals surface area (Å²) in [6.07, 6.45) is -3.66. The second kappa shape index (κ2) is 6.11. The summed E-state index contributed by atoms with van der Waals surface area (Å²) in [6, 6.07) is 3.74. The molecule has 1 saturated heterocycles. The first-order valence-electron chi connectivity index (χ1n) is 5.76. The maximum absolute atomic E-state index is 12.7. The van der Waals surface area contributed by atoms with Crippen molar-refractivity contribution in [3.05, 3.63) is 28.2 Å². The van der Waals surface area contributed by atoms with Gasteiger partial charge in [0.2, 0.25) is 0 Å². The fourth-order valence-electron chi connectivity index (χ4n) is 1.75. The lowest BCUT2D eigenvalue weighted by Gasteiger charge is -2.23. The topological polar surface area (TPSA) is 30.5 Å². The number of rotatable bonds is 3. The zero-order chi connectivity index (χ0) is 13.9. The predicted molar refractivity (Wildman–Crippen MR) is 67.9 cm³/mol. The number of hydrogen-bond donors (Lipinski definition) is 1. The van der Waals surface area contributed by atoms with E-state index < -0.39 is 11.7 Å². The van der Waals surface area contributed by atoms with E-state index >= 15 is 0 Å². The standard InChI is InChI=1S/C12H13BrF3NO2/c13-9-3-8(12(14,15)16)4-10(5-9)17-6-11-1-2-18-7-19-11/h3-5,11,17H,1-2,6-7H2. The SMILES string of the molecule is FC(F)(F)c1cc(Br)cc(NCC2CCOCO2)c1. The van der Waals surface area contributed by atoms with Crippen molar-refractivity contribution in [1.29, 1.82) is 0 Å². The van der Waals surface area contributed by atoms with E-state index in [4.69, 9.17) is 9.47 Å². The third-order valence-electron chi connectivity index (χ3n) is 2.73. The molecule has 106 valence electrons. The Morgan fingerprint density at radius 1 is 1.32 bits per heavy atom. The number of ether oxygens (including phenoxy) is 2. The molecule has 0 radical (unpaired) electrons. The number of halogens is 4. The molecule has 1 fully saturated rings. The molecule has 0 aliphatic carbocycles. The first-order valence-corrected chi connectivity index (χ1v) is 6.55. The lowest BCUT2D eigenvalue weighted by molar-refractivity contribution is -0.137. The lowest BCUT2D eigenvalue weighted by Crippen LogP contribution is -2.30. The van der Waals surface area contributed by atoms with Crippen LogP contribution in [0.2, 0.25) is 0 Å². The molecule has 1 aromatic rings. The van der Waals surface area contributed by atoms with E-state index in [-0.39, 0.29) is 12.9 Å². The van der Waals surface area contributed by atoms with Gasteiger partial charge in [0.1, 0.15) is 6.79 Å². The van der Waals surface area contributed by atoms with E-state index in [2.05, 4.69) is 21.2 Å². The molecular weight excluding hydrogens is 327 g/mol. The van der Waals surface area contributed by atoms with Crippen LogP contribution in [0.25, 0.3) is 0 Å². The van der Waals surface area contributed by atoms with Crippen LogP contribution in [0.5, 0.6) is 0 Å². The summed E-state index contributed by atoms with van der Waals surface area (Å²) >= 11 is 3.08. The van der Waals surface area contributed by atoms with Crippen molar-refractivity contribution in [2.75, 3.05) is 25.3 Å². The molecule has 7 heteroatoms. The fraction of sp³-hybridized carbons (Fsp3) is 0.500. The minimum Gasteiger partial charge on any atom is -0.382 e. The highest BCUT2D eigenvalue weighted by Crippen LogP contribution is 2.33. The summed E-state index contributed by atoms with van der Waals surface area (Å²) in [6.45, 7) is 1.30. The second-order valence-electron chi connectivity index (χ2n) is 4.21. The monoisotopic (exact) mass is 339 g/mol. The van der Waals surface area contributed by atoms with Gasteiger partial charge in [-0.1, -0.05) is 15.9 Å². The van der Waals surface area contributed by atoms with Crippen LogP contribution in [0.4, 0.5) is 18.9 Å². The van der Waals surface area contributed by atoms with Gasteiger partial charge in [0.15, 0.2) is 0 Å². The molecule has 1 aliphatic heterocycles. The Balaban J connectivity index is 2.01. The smallest absolute Gasteiger partial charge is 0.382 e. The maximum Gasteiger partial charge on any atom is 0.416 e. The van der Waals surface area contributed by atoms with Crippen molar-refractivity contribution in [3.63, 3.8) is 0 Å². The summed E-state index contributed by atoms with van der Waals surface area (Å²) < 4.78 is 48.7. The maximum atomic E-state index is 12.7. The number of anilines is 1. The van der Waals surface area contributed by atoms with Crippen LogP contribution < -0.4 is 5.32 Å². The zero-order valence-corrected chi connectivity index (χ0v) is 11.6. The van der Waals surface area contributed by atoms with Crippen molar-refractivity contribution in [3.8, 4) is 0 Å². The number of hydrogen-bond acceptors (Lipinski definition) is 3. The normalized spacial score (nSPS) is 20.3. The summed E-state index contributed by atoms with van der Waals surface area (Å²) in [5.41, 5.74) is -0.269. The largest absolute Gasteiger partial charge is 0.416 e. The van der Waals surface area contributed by atoms with E-state index in [1.54, 1.807) is 6.07 Å². The first kappa shape index (κ1) is 14.6. The van der Waals surface area contributed by atoms with Gasteiger partial charge < -0.3 is 14.8 Å². The molecule has 0 amide bonds. The highest BCUT2D eigenvalue weighted by atomic mass is 79.9. The molecule has 0 spiro atoms. The van der Waals surface area contributed by atoms with Crippen molar-refractivity contribution in [1.82, 2.24) is 0 Å². The highest BCUT2D eigenvalue weighted by Gasteiger charge is 2.31. The van der Waals surface area contributed by atoms with Crippen LogP contribution in [0.1, 0.15) is 12.0 Å². The van der Waals surface area contributed by atoms with Gasteiger partial charge >= 0.3 is 6.18 Å². The van der Waals surface area contributed by atoms with E-state index in [9.17, 15) is 13.2 Å². The Morgan fingerprint density at radius 3 is 2.74 bits per heavy atom. The predicted octanol–water partition coefficient (Wildman–Crippen LogP) is 3.64. The van der Waals surface area contributed by atoms with Crippen molar-refractivity contribution in [2.24, 2.45) is 0 Å². The van der Waals surface area contributed by atoms with Crippen LogP contribution in [-0.2, 0) is 15.7 Å². The lowest BCUT2D eigenvalue weighted by atomic mass is 10.2. The van der Waals surface area contributed by atoms with Crippen LogP contribution in [0.15, 0.2) is 22.7 Å². The van der Waals surface area contributed by atoms with Crippen LogP contribution in [0.3, 0.4) is 0 Å². The molecule has 1 unspecified atom stereocenters. The third-order valence-corrected chi connectivity index (χ3v) is 3.19. The summed E-state index contributed by atoms with van der Waals surface area (Å²) in [5, 5.41) is 2.96. The van der Waals surface area contributed by atoms with Gasteiger partial charge in [0, 0.05) is 16.7 Å².